The van der Waals surface area contributed by atoms with Crippen molar-refractivity contribution in [3.05, 3.63) is 45.6 Å². The molecule has 0 aliphatic rings. The maximum absolute atomic E-state index is 12.3. The van der Waals surface area contributed by atoms with Gasteiger partial charge in [-0.2, -0.15) is 10.2 Å². The molecule has 8 heteroatoms. The van der Waals surface area contributed by atoms with Gasteiger partial charge in [-0.1, -0.05) is 6.92 Å². The number of nitrogens with one attached hydrogen (secondary N) is 1. The molecular weight excluding hydrogens is 322 g/mol. The van der Waals surface area contributed by atoms with Crippen LogP contribution in [0.1, 0.15) is 28.8 Å². The van der Waals surface area contributed by atoms with Crippen molar-refractivity contribution in [3.8, 4) is 0 Å². The lowest BCUT2D eigenvalue weighted by atomic mass is 10.2. The second-order valence-corrected chi connectivity index (χ2v) is 6.20. The van der Waals surface area contributed by atoms with E-state index in [2.05, 4.69) is 15.5 Å². The zero-order valence-electron chi connectivity index (χ0n) is 15.2. The van der Waals surface area contributed by atoms with Crippen LogP contribution in [0.4, 0.5) is 0 Å². The first-order chi connectivity index (χ1) is 11.9. The highest BCUT2D eigenvalue weighted by Crippen LogP contribution is 2.06. The monoisotopic (exact) mass is 347 g/mol. The molecule has 0 aliphatic heterocycles. The predicted molar refractivity (Wildman–Crippen MR) is 93.6 cm³/mol. The van der Waals surface area contributed by atoms with Crippen LogP contribution in [-0.2, 0) is 17.8 Å². The van der Waals surface area contributed by atoms with Crippen molar-refractivity contribution in [1.29, 1.82) is 0 Å². The van der Waals surface area contributed by atoms with Gasteiger partial charge in [-0.05, 0) is 31.9 Å². The first kappa shape index (κ1) is 18.9. The molecule has 136 valence electrons. The van der Waals surface area contributed by atoms with Crippen molar-refractivity contribution in [1.82, 2.24) is 24.9 Å². The van der Waals surface area contributed by atoms with Gasteiger partial charge in [0.15, 0.2) is 0 Å². The first-order valence-corrected chi connectivity index (χ1v) is 8.27. The molecule has 0 fully saturated rings. The molecule has 0 saturated heterocycles. The molecule has 0 saturated carbocycles. The van der Waals surface area contributed by atoms with Gasteiger partial charge >= 0.3 is 0 Å². The van der Waals surface area contributed by atoms with Gasteiger partial charge < -0.3 is 10.1 Å². The number of hydrogen-bond acceptors (Lipinski definition) is 5. The van der Waals surface area contributed by atoms with Crippen LogP contribution in [-0.4, -0.2) is 45.7 Å². The lowest BCUT2D eigenvalue weighted by Crippen LogP contribution is -2.33. The van der Waals surface area contributed by atoms with Crippen LogP contribution in [0, 0.1) is 19.8 Å². The molecule has 1 N–H and O–H groups in total. The number of carbonyl (C=O) groups is 1. The lowest BCUT2D eigenvalue weighted by molar-refractivity contribution is 0.0938. The number of carbonyl (C=O) groups excluding carboxylic acids is 1. The number of aromatic nitrogens is 4. The Morgan fingerprint density at radius 1 is 1.28 bits per heavy atom. The summed E-state index contributed by atoms with van der Waals surface area (Å²) in [5.74, 6) is -0.0901. The highest BCUT2D eigenvalue weighted by atomic mass is 16.5. The first-order valence-electron chi connectivity index (χ1n) is 8.27. The summed E-state index contributed by atoms with van der Waals surface area (Å²) in [6, 6.07) is 4.81. The Hall–Kier alpha value is -2.48. The van der Waals surface area contributed by atoms with Crippen LogP contribution < -0.4 is 10.9 Å². The van der Waals surface area contributed by atoms with Gasteiger partial charge in [0.25, 0.3) is 11.5 Å². The van der Waals surface area contributed by atoms with Gasteiger partial charge in [0.1, 0.15) is 5.69 Å². The van der Waals surface area contributed by atoms with E-state index in [9.17, 15) is 9.59 Å². The van der Waals surface area contributed by atoms with Gasteiger partial charge in [-0.3, -0.25) is 14.3 Å². The van der Waals surface area contributed by atoms with Gasteiger partial charge in [0.2, 0.25) is 0 Å². The fraction of sp³-hybridized carbons (Fsp3) is 0.529. The predicted octanol–water partition coefficient (Wildman–Crippen LogP) is 0.769. The number of ether oxygens (including phenoxy) is 1. The van der Waals surface area contributed by atoms with Gasteiger partial charge in [-0.25, -0.2) is 4.68 Å². The molecule has 2 aromatic heterocycles. The number of amides is 1. The summed E-state index contributed by atoms with van der Waals surface area (Å²) in [5, 5.41) is 11.4. The molecule has 0 bridgehead atoms. The molecule has 0 radical (unpaired) electrons. The average molecular weight is 347 g/mol. The highest BCUT2D eigenvalue weighted by Gasteiger charge is 2.12. The molecule has 0 aromatic carbocycles. The Morgan fingerprint density at radius 2 is 2.04 bits per heavy atom. The maximum Gasteiger partial charge on any atom is 0.271 e. The SMILES string of the molecule is COCCn1nc(C(=O)NC[C@@H](C)Cn2nc(C)cc2C)ccc1=O. The molecule has 0 spiro atoms. The lowest BCUT2D eigenvalue weighted by Gasteiger charge is -2.14. The Kier molecular flexibility index (Phi) is 6.46. The minimum atomic E-state index is -0.300. The Morgan fingerprint density at radius 3 is 2.68 bits per heavy atom. The fourth-order valence-corrected chi connectivity index (χ4v) is 2.48. The van der Waals surface area contributed by atoms with Crippen LogP contribution in [0.3, 0.4) is 0 Å². The van der Waals surface area contributed by atoms with E-state index in [1.165, 1.54) is 16.8 Å². The van der Waals surface area contributed by atoms with E-state index < -0.39 is 0 Å². The van der Waals surface area contributed by atoms with Crippen molar-refractivity contribution in [2.75, 3.05) is 20.3 Å². The minimum absolute atomic E-state index is 0.210. The molecule has 8 nitrogen and oxygen atoms in total. The fourth-order valence-electron chi connectivity index (χ4n) is 2.48. The average Bonchev–Trinajstić information content (AvgIpc) is 2.89. The molecule has 2 aromatic rings. The van der Waals surface area contributed by atoms with Gasteiger partial charge in [0, 0.05) is 32.0 Å². The van der Waals surface area contributed by atoms with E-state index in [1.54, 1.807) is 7.11 Å². The third-order valence-electron chi connectivity index (χ3n) is 3.81. The number of hydrogen-bond donors (Lipinski definition) is 1. The van der Waals surface area contributed by atoms with Gasteiger partial charge in [0.05, 0.1) is 18.8 Å². The smallest absolute Gasteiger partial charge is 0.271 e. The summed E-state index contributed by atoms with van der Waals surface area (Å²) in [5.41, 5.74) is 2.04. The van der Waals surface area contributed by atoms with E-state index in [1.807, 2.05) is 31.5 Å². The molecule has 25 heavy (non-hydrogen) atoms. The minimum Gasteiger partial charge on any atom is -0.383 e. The van der Waals surface area contributed by atoms with Crippen LogP contribution in [0.5, 0.6) is 0 Å². The molecule has 2 heterocycles. The van der Waals surface area contributed by atoms with Crippen LogP contribution in [0.2, 0.25) is 0 Å². The summed E-state index contributed by atoms with van der Waals surface area (Å²) in [6.45, 7) is 7.90. The van der Waals surface area contributed by atoms with Crippen LogP contribution in [0.15, 0.2) is 23.0 Å². The second-order valence-electron chi connectivity index (χ2n) is 6.20. The third kappa shape index (κ3) is 5.25. The van der Waals surface area contributed by atoms with E-state index in [-0.39, 0.29) is 23.1 Å². The van der Waals surface area contributed by atoms with Crippen molar-refractivity contribution in [3.63, 3.8) is 0 Å². The highest BCUT2D eigenvalue weighted by molar-refractivity contribution is 5.91. The van der Waals surface area contributed by atoms with E-state index >= 15 is 0 Å². The van der Waals surface area contributed by atoms with Crippen molar-refractivity contribution >= 4 is 5.91 Å². The van der Waals surface area contributed by atoms with Crippen molar-refractivity contribution in [2.45, 2.75) is 33.9 Å². The molecule has 2 rings (SSSR count). The number of nitrogens with zero attached hydrogens (tertiary/aromatic N) is 4. The Balaban J connectivity index is 1.93. The van der Waals surface area contributed by atoms with Crippen LogP contribution >= 0.6 is 0 Å². The summed E-state index contributed by atoms with van der Waals surface area (Å²) in [4.78, 5) is 24.0. The largest absolute Gasteiger partial charge is 0.383 e. The van der Waals surface area contributed by atoms with Gasteiger partial charge in [-0.15, -0.1) is 0 Å². The normalized spacial score (nSPS) is 12.2. The topological polar surface area (TPSA) is 91.0 Å². The summed E-state index contributed by atoms with van der Waals surface area (Å²) in [6.07, 6.45) is 0. The summed E-state index contributed by atoms with van der Waals surface area (Å²) in [7, 11) is 1.55. The molecule has 0 aliphatic carbocycles. The zero-order valence-corrected chi connectivity index (χ0v) is 15.2. The Labute approximate surface area is 146 Å². The molecule has 1 amide bonds. The molecule has 1 atom stereocenters. The number of methoxy groups -OCH3 is 1. The standard InChI is InChI=1S/C17H25N5O3/c1-12(11-22-14(3)9-13(2)19-22)10-18-17(24)15-5-6-16(23)21(20-15)7-8-25-4/h5-6,9,12H,7-8,10-11H2,1-4H3,(H,18,24)/t12-/m1/s1. The summed E-state index contributed by atoms with van der Waals surface area (Å²) < 4.78 is 8.11. The van der Waals surface area contributed by atoms with E-state index in [4.69, 9.17) is 4.74 Å². The van der Waals surface area contributed by atoms with Crippen LogP contribution in [0.25, 0.3) is 0 Å². The summed E-state index contributed by atoms with van der Waals surface area (Å²) >= 11 is 0. The second kappa shape index (κ2) is 8.57. The molecule has 0 unspecified atom stereocenters. The maximum atomic E-state index is 12.3. The quantitative estimate of drug-likeness (QED) is 0.762. The number of rotatable bonds is 8. The van der Waals surface area contributed by atoms with E-state index in [0.29, 0.717) is 19.7 Å². The Bertz CT molecular complexity index is 781. The van der Waals surface area contributed by atoms with Crippen molar-refractivity contribution < 1.29 is 9.53 Å². The zero-order chi connectivity index (χ0) is 18.4. The third-order valence-corrected chi connectivity index (χ3v) is 3.81. The molecular formula is C17H25N5O3. The van der Waals surface area contributed by atoms with Crippen molar-refractivity contribution in [2.24, 2.45) is 5.92 Å². The number of aryl methyl sites for hydroxylation is 2. The van der Waals surface area contributed by atoms with E-state index in [0.717, 1.165) is 17.9 Å².